The highest BCUT2D eigenvalue weighted by Crippen LogP contribution is 2.08. The molecule has 0 rings (SSSR count). The van der Waals surface area contributed by atoms with Crippen molar-refractivity contribution in [1.29, 1.82) is 0 Å². The molecule has 0 aromatic rings. The second-order valence-electron chi connectivity index (χ2n) is 2.79. The van der Waals surface area contributed by atoms with Crippen LogP contribution in [0.1, 0.15) is 33.1 Å². The number of carbonyl (C=O) groups excluding carboxylic acids is 2. The van der Waals surface area contributed by atoms with Gasteiger partial charge in [-0.25, -0.2) is 0 Å². The fourth-order valence-corrected chi connectivity index (χ4v) is 1.08. The Balaban J connectivity index is 4.36. The Morgan fingerprint density at radius 1 is 0.923 bits per heavy atom. The zero-order valence-electron chi connectivity index (χ0n) is 8.25. The maximum Gasteiger partial charge on any atom is 0.146 e. The molecular formula is C11H16O2. The second-order valence-corrected chi connectivity index (χ2v) is 2.79. The van der Waals surface area contributed by atoms with Gasteiger partial charge in [0.1, 0.15) is 12.6 Å². The predicted octanol–water partition coefficient (Wildman–Crippen LogP) is 2.45. The highest BCUT2D eigenvalue weighted by Gasteiger charge is 1.99. The smallest absolute Gasteiger partial charge is 0.146 e. The summed E-state index contributed by atoms with van der Waals surface area (Å²) < 4.78 is 0. The van der Waals surface area contributed by atoms with Crippen molar-refractivity contribution in [3.63, 3.8) is 0 Å². The molecule has 0 heterocycles. The van der Waals surface area contributed by atoms with E-state index in [1.54, 1.807) is 0 Å². The van der Waals surface area contributed by atoms with E-state index in [2.05, 4.69) is 0 Å². The third kappa shape index (κ3) is 5.12. The van der Waals surface area contributed by atoms with E-state index in [0.717, 1.165) is 25.4 Å². The Kier molecular flexibility index (Phi) is 6.79. The Morgan fingerprint density at radius 3 is 1.54 bits per heavy atom. The van der Waals surface area contributed by atoms with Gasteiger partial charge in [0.25, 0.3) is 0 Å². The van der Waals surface area contributed by atoms with Crippen LogP contribution in [0.4, 0.5) is 0 Å². The summed E-state index contributed by atoms with van der Waals surface area (Å²) in [4.78, 5) is 21.1. The maximum absolute atomic E-state index is 10.5. The van der Waals surface area contributed by atoms with Gasteiger partial charge in [-0.2, -0.15) is 0 Å². The molecule has 0 spiro atoms. The minimum absolute atomic E-state index is 0.467. The lowest BCUT2D eigenvalue weighted by Crippen LogP contribution is -1.91. The average molecular weight is 180 g/mol. The van der Waals surface area contributed by atoms with Crippen molar-refractivity contribution < 1.29 is 9.59 Å². The van der Waals surface area contributed by atoms with Crippen LogP contribution in [0.2, 0.25) is 0 Å². The van der Waals surface area contributed by atoms with Gasteiger partial charge >= 0.3 is 0 Å². The fraction of sp³-hybridized carbons (Fsp3) is 0.455. The van der Waals surface area contributed by atoms with Crippen LogP contribution >= 0.6 is 0 Å². The Bertz CT molecular complexity index is 200. The quantitative estimate of drug-likeness (QED) is 0.464. The molecule has 0 fully saturated rings. The van der Waals surface area contributed by atoms with E-state index in [1.807, 2.05) is 26.0 Å². The predicted molar refractivity (Wildman–Crippen MR) is 53.5 cm³/mol. The summed E-state index contributed by atoms with van der Waals surface area (Å²) in [5.41, 5.74) is 1.38. The lowest BCUT2D eigenvalue weighted by molar-refractivity contribution is -0.105. The van der Waals surface area contributed by atoms with Crippen molar-refractivity contribution in [2.45, 2.75) is 33.1 Å². The third-order valence-corrected chi connectivity index (χ3v) is 1.64. The molecule has 0 aromatic heterocycles. The van der Waals surface area contributed by atoms with Crippen molar-refractivity contribution in [2.24, 2.45) is 0 Å². The molecule has 0 aliphatic carbocycles. The van der Waals surface area contributed by atoms with E-state index >= 15 is 0 Å². The zero-order chi connectivity index (χ0) is 10.1. The van der Waals surface area contributed by atoms with Crippen LogP contribution in [0.3, 0.4) is 0 Å². The van der Waals surface area contributed by atoms with E-state index in [-0.39, 0.29) is 0 Å². The minimum atomic E-state index is 0.467. The van der Waals surface area contributed by atoms with E-state index in [0.29, 0.717) is 17.6 Å². The summed E-state index contributed by atoms with van der Waals surface area (Å²) in [6, 6.07) is 0. The van der Waals surface area contributed by atoms with Crippen LogP contribution in [0.15, 0.2) is 23.3 Å². The zero-order valence-corrected chi connectivity index (χ0v) is 8.25. The lowest BCUT2D eigenvalue weighted by atomic mass is 10.1. The first-order chi connectivity index (χ1) is 6.28. The number of rotatable bonds is 6. The summed E-state index contributed by atoms with van der Waals surface area (Å²) in [5.74, 6) is 0. The third-order valence-electron chi connectivity index (χ3n) is 1.64. The molecule has 0 N–H and O–H groups in total. The number of hydrogen-bond donors (Lipinski definition) is 0. The number of hydrogen-bond acceptors (Lipinski definition) is 2. The summed E-state index contributed by atoms with van der Waals surface area (Å²) in [5, 5.41) is 0. The van der Waals surface area contributed by atoms with Crippen molar-refractivity contribution in [3.05, 3.63) is 23.3 Å². The molecule has 0 aromatic carbocycles. The molecule has 2 nitrogen and oxygen atoms in total. The first kappa shape index (κ1) is 11.8. The Hall–Kier alpha value is -1.18. The van der Waals surface area contributed by atoms with Gasteiger partial charge in [-0.3, -0.25) is 9.59 Å². The molecule has 72 valence electrons. The van der Waals surface area contributed by atoms with Crippen molar-refractivity contribution in [3.8, 4) is 0 Å². The second kappa shape index (κ2) is 7.47. The highest BCUT2D eigenvalue weighted by atomic mass is 16.1. The Labute approximate surface area is 79.3 Å². The van der Waals surface area contributed by atoms with Gasteiger partial charge in [-0.05, 0) is 24.0 Å². The number of carbonyl (C=O) groups is 2. The molecule has 0 aliphatic rings. The van der Waals surface area contributed by atoms with Crippen molar-refractivity contribution in [2.75, 3.05) is 0 Å². The van der Waals surface area contributed by atoms with Gasteiger partial charge in [0.15, 0.2) is 0 Å². The van der Waals surface area contributed by atoms with Gasteiger partial charge in [0.05, 0.1) is 0 Å². The highest BCUT2D eigenvalue weighted by molar-refractivity contribution is 5.80. The van der Waals surface area contributed by atoms with Gasteiger partial charge in [0.2, 0.25) is 0 Å². The SMILES string of the molecule is CCC=C(C=O)CC(C=O)=CCC. The first-order valence-electron chi connectivity index (χ1n) is 4.56. The molecule has 0 saturated carbocycles. The molecular weight excluding hydrogens is 164 g/mol. The van der Waals surface area contributed by atoms with Gasteiger partial charge in [-0.1, -0.05) is 26.0 Å². The summed E-state index contributed by atoms with van der Waals surface area (Å²) >= 11 is 0. The minimum Gasteiger partial charge on any atom is -0.298 e. The average Bonchev–Trinajstić information content (AvgIpc) is 2.16. The van der Waals surface area contributed by atoms with E-state index in [1.165, 1.54) is 0 Å². The molecule has 0 radical (unpaired) electrons. The van der Waals surface area contributed by atoms with Gasteiger partial charge in [0, 0.05) is 6.42 Å². The molecule has 0 atom stereocenters. The topological polar surface area (TPSA) is 34.1 Å². The largest absolute Gasteiger partial charge is 0.298 e. The van der Waals surface area contributed by atoms with E-state index in [4.69, 9.17) is 0 Å². The summed E-state index contributed by atoms with van der Waals surface area (Å²) in [6.45, 7) is 3.93. The standard InChI is InChI=1S/C11H16O2/c1-3-5-10(8-12)7-11(9-13)6-4-2/h5-6,8-9H,3-4,7H2,1-2H3. The monoisotopic (exact) mass is 180 g/mol. The maximum atomic E-state index is 10.5. The molecule has 0 unspecified atom stereocenters. The molecule has 0 aliphatic heterocycles. The van der Waals surface area contributed by atoms with Crippen molar-refractivity contribution in [1.82, 2.24) is 0 Å². The van der Waals surface area contributed by atoms with Crippen molar-refractivity contribution >= 4 is 12.6 Å². The molecule has 13 heavy (non-hydrogen) atoms. The van der Waals surface area contributed by atoms with Crippen LogP contribution in [0.25, 0.3) is 0 Å². The number of aldehydes is 2. The van der Waals surface area contributed by atoms with Crippen LogP contribution in [0, 0.1) is 0 Å². The number of allylic oxidation sites excluding steroid dienone is 4. The molecule has 0 bridgehead atoms. The van der Waals surface area contributed by atoms with E-state index in [9.17, 15) is 9.59 Å². The Morgan fingerprint density at radius 2 is 1.31 bits per heavy atom. The summed E-state index contributed by atoms with van der Waals surface area (Å²) in [7, 11) is 0. The van der Waals surface area contributed by atoms with Gasteiger partial charge < -0.3 is 0 Å². The van der Waals surface area contributed by atoms with E-state index < -0.39 is 0 Å². The normalized spacial score (nSPS) is 12.8. The molecule has 0 saturated heterocycles. The van der Waals surface area contributed by atoms with Crippen LogP contribution < -0.4 is 0 Å². The van der Waals surface area contributed by atoms with Crippen LogP contribution in [0.5, 0.6) is 0 Å². The van der Waals surface area contributed by atoms with Gasteiger partial charge in [-0.15, -0.1) is 0 Å². The lowest BCUT2D eigenvalue weighted by Gasteiger charge is -1.98. The summed E-state index contributed by atoms with van der Waals surface area (Å²) in [6.07, 6.45) is 7.44. The fourth-order valence-electron chi connectivity index (χ4n) is 1.08. The van der Waals surface area contributed by atoms with Crippen LogP contribution in [-0.2, 0) is 9.59 Å². The molecule has 2 heteroatoms. The molecule has 0 amide bonds. The first-order valence-corrected chi connectivity index (χ1v) is 4.56. The van der Waals surface area contributed by atoms with Crippen LogP contribution in [-0.4, -0.2) is 12.6 Å².